The minimum atomic E-state index is -1.40. The van der Waals surface area contributed by atoms with E-state index in [4.69, 9.17) is 16.9 Å². The first kappa shape index (κ1) is 10.9. The Balaban J connectivity index is 3.19. The van der Waals surface area contributed by atoms with Gasteiger partial charge in [-0.05, 0) is 12.1 Å². The van der Waals surface area contributed by atoms with Gasteiger partial charge in [-0.25, -0.2) is 8.78 Å². The Labute approximate surface area is 84.3 Å². The first-order valence-corrected chi connectivity index (χ1v) is 4.14. The molecule has 0 amide bonds. The lowest BCUT2D eigenvalue weighted by Gasteiger charge is -2.10. The van der Waals surface area contributed by atoms with Crippen LogP contribution in [0.25, 0.3) is 0 Å². The van der Waals surface area contributed by atoms with Crippen LogP contribution in [0.1, 0.15) is 18.1 Å². The summed E-state index contributed by atoms with van der Waals surface area (Å²) in [6.45, 7) is 0. The molecule has 1 unspecified atom stereocenters. The molecule has 0 aliphatic carbocycles. The SMILES string of the molecule is N#CCC(O)c1c(F)ccc(F)c1Cl. The highest BCUT2D eigenvalue weighted by molar-refractivity contribution is 6.31. The summed E-state index contributed by atoms with van der Waals surface area (Å²) in [7, 11) is 0. The zero-order valence-electron chi connectivity index (χ0n) is 6.97. The van der Waals surface area contributed by atoms with E-state index in [-0.39, 0.29) is 12.0 Å². The van der Waals surface area contributed by atoms with Crippen LogP contribution in [0.4, 0.5) is 8.78 Å². The average molecular weight is 218 g/mol. The fourth-order valence-electron chi connectivity index (χ4n) is 1.04. The predicted molar refractivity (Wildman–Crippen MR) is 46.6 cm³/mol. The summed E-state index contributed by atoms with van der Waals surface area (Å²) < 4.78 is 26.0. The van der Waals surface area contributed by atoms with Crippen molar-refractivity contribution in [2.45, 2.75) is 12.5 Å². The van der Waals surface area contributed by atoms with E-state index >= 15 is 0 Å². The molecule has 0 aliphatic rings. The van der Waals surface area contributed by atoms with Gasteiger partial charge in [0, 0.05) is 5.56 Å². The van der Waals surface area contributed by atoms with Crippen LogP contribution in [-0.4, -0.2) is 5.11 Å². The zero-order valence-corrected chi connectivity index (χ0v) is 7.72. The number of hydrogen-bond donors (Lipinski definition) is 1. The van der Waals surface area contributed by atoms with Crippen molar-refractivity contribution in [1.29, 1.82) is 5.26 Å². The van der Waals surface area contributed by atoms with Crippen molar-refractivity contribution in [1.82, 2.24) is 0 Å². The Kier molecular flexibility index (Phi) is 3.39. The molecule has 1 atom stereocenters. The van der Waals surface area contributed by atoms with Crippen molar-refractivity contribution in [3.8, 4) is 6.07 Å². The molecule has 0 fully saturated rings. The van der Waals surface area contributed by atoms with Gasteiger partial charge in [0.25, 0.3) is 0 Å². The highest BCUT2D eigenvalue weighted by Crippen LogP contribution is 2.29. The topological polar surface area (TPSA) is 44.0 Å². The Morgan fingerprint density at radius 1 is 1.43 bits per heavy atom. The molecule has 14 heavy (non-hydrogen) atoms. The molecule has 0 saturated carbocycles. The molecule has 0 aliphatic heterocycles. The van der Waals surface area contributed by atoms with Gasteiger partial charge in [-0.3, -0.25) is 0 Å². The Bertz CT molecular complexity index is 389. The van der Waals surface area contributed by atoms with E-state index in [1.54, 1.807) is 6.07 Å². The highest BCUT2D eigenvalue weighted by atomic mass is 35.5. The maximum Gasteiger partial charge on any atom is 0.142 e. The number of hydrogen-bond acceptors (Lipinski definition) is 2. The summed E-state index contributed by atoms with van der Waals surface area (Å²) in [4.78, 5) is 0. The van der Waals surface area contributed by atoms with Gasteiger partial charge in [-0.15, -0.1) is 0 Å². The third-order valence-electron chi connectivity index (χ3n) is 1.70. The van der Waals surface area contributed by atoms with Gasteiger partial charge in [0.15, 0.2) is 0 Å². The zero-order chi connectivity index (χ0) is 10.7. The van der Waals surface area contributed by atoms with Crippen molar-refractivity contribution in [2.24, 2.45) is 0 Å². The van der Waals surface area contributed by atoms with E-state index in [9.17, 15) is 13.9 Å². The molecule has 2 nitrogen and oxygen atoms in total. The molecule has 0 radical (unpaired) electrons. The van der Waals surface area contributed by atoms with Gasteiger partial charge in [-0.2, -0.15) is 5.26 Å². The normalized spacial score (nSPS) is 12.2. The molecule has 1 rings (SSSR count). The molecule has 0 heterocycles. The summed E-state index contributed by atoms with van der Waals surface area (Å²) in [5.74, 6) is -1.64. The van der Waals surface area contributed by atoms with Crippen LogP contribution in [0.3, 0.4) is 0 Å². The smallest absolute Gasteiger partial charge is 0.142 e. The molecule has 5 heteroatoms. The third-order valence-corrected chi connectivity index (χ3v) is 2.08. The van der Waals surface area contributed by atoms with Gasteiger partial charge in [0.2, 0.25) is 0 Å². The number of aliphatic hydroxyl groups excluding tert-OH is 1. The van der Waals surface area contributed by atoms with Crippen molar-refractivity contribution < 1.29 is 13.9 Å². The molecule has 1 N–H and O–H groups in total. The van der Waals surface area contributed by atoms with Crippen LogP contribution in [0.15, 0.2) is 12.1 Å². The molecule has 0 aromatic heterocycles. The Hall–Kier alpha value is -1.18. The summed E-state index contributed by atoms with van der Waals surface area (Å²) in [5, 5.41) is 17.1. The quantitative estimate of drug-likeness (QED) is 0.774. The number of rotatable bonds is 2. The second-order valence-electron chi connectivity index (χ2n) is 2.63. The van der Waals surface area contributed by atoms with Gasteiger partial charge in [-0.1, -0.05) is 11.6 Å². The molecule has 0 spiro atoms. The standard InChI is InChI=1S/C9H6ClF2NO/c10-9-6(12)2-1-5(11)8(9)7(14)3-4-13/h1-2,7,14H,3H2. The highest BCUT2D eigenvalue weighted by Gasteiger charge is 2.19. The minimum Gasteiger partial charge on any atom is -0.387 e. The average Bonchev–Trinajstić information content (AvgIpc) is 2.13. The predicted octanol–water partition coefficient (Wildman–Crippen LogP) is 2.57. The number of halogens is 3. The number of nitrogens with zero attached hydrogens (tertiary/aromatic N) is 1. The van der Waals surface area contributed by atoms with E-state index in [1.807, 2.05) is 0 Å². The molecule has 1 aromatic rings. The molecule has 0 saturated heterocycles. The number of nitriles is 1. The largest absolute Gasteiger partial charge is 0.387 e. The first-order chi connectivity index (χ1) is 6.57. The maximum absolute atomic E-state index is 13.1. The summed E-state index contributed by atoms with van der Waals surface area (Å²) >= 11 is 5.44. The van der Waals surface area contributed by atoms with Crippen LogP contribution in [-0.2, 0) is 0 Å². The van der Waals surface area contributed by atoms with Gasteiger partial charge in [0.05, 0.1) is 23.6 Å². The van der Waals surface area contributed by atoms with Gasteiger partial charge < -0.3 is 5.11 Å². The molecular weight excluding hydrogens is 212 g/mol. The monoisotopic (exact) mass is 217 g/mol. The van der Waals surface area contributed by atoms with E-state index in [2.05, 4.69) is 0 Å². The van der Waals surface area contributed by atoms with E-state index in [0.29, 0.717) is 0 Å². The number of benzene rings is 1. The van der Waals surface area contributed by atoms with Crippen LogP contribution in [0.5, 0.6) is 0 Å². The van der Waals surface area contributed by atoms with Crippen molar-refractivity contribution in [3.63, 3.8) is 0 Å². The fourth-order valence-corrected chi connectivity index (χ4v) is 1.32. The Morgan fingerprint density at radius 2 is 2.00 bits per heavy atom. The molecule has 74 valence electrons. The number of aliphatic hydroxyl groups is 1. The third kappa shape index (κ3) is 2.00. The maximum atomic E-state index is 13.1. The van der Waals surface area contributed by atoms with Crippen LogP contribution >= 0.6 is 11.6 Å². The van der Waals surface area contributed by atoms with Crippen molar-refractivity contribution >= 4 is 11.6 Å². The lowest BCUT2D eigenvalue weighted by atomic mass is 10.1. The summed E-state index contributed by atoms with van der Waals surface area (Å²) in [5.41, 5.74) is -0.367. The van der Waals surface area contributed by atoms with E-state index < -0.39 is 22.8 Å². The van der Waals surface area contributed by atoms with Crippen LogP contribution in [0, 0.1) is 23.0 Å². The summed E-state index contributed by atoms with van der Waals surface area (Å²) in [6, 6.07) is 3.36. The summed E-state index contributed by atoms with van der Waals surface area (Å²) in [6.07, 6.45) is -1.73. The van der Waals surface area contributed by atoms with Crippen LogP contribution < -0.4 is 0 Å². The van der Waals surface area contributed by atoms with Gasteiger partial charge in [0.1, 0.15) is 11.6 Å². The van der Waals surface area contributed by atoms with Crippen molar-refractivity contribution in [3.05, 3.63) is 34.4 Å². The second-order valence-corrected chi connectivity index (χ2v) is 3.01. The second kappa shape index (κ2) is 4.36. The lowest BCUT2D eigenvalue weighted by molar-refractivity contribution is 0.178. The first-order valence-electron chi connectivity index (χ1n) is 3.76. The molecule has 1 aromatic carbocycles. The molecule has 0 bridgehead atoms. The molecular formula is C9H6ClF2NO. The Morgan fingerprint density at radius 3 is 2.57 bits per heavy atom. The van der Waals surface area contributed by atoms with E-state index in [1.165, 1.54) is 0 Å². The van der Waals surface area contributed by atoms with Crippen molar-refractivity contribution in [2.75, 3.05) is 0 Å². The fraction of sp³-hybridized carbons (Fsp3) is 0.222. The minimum absolute atomic E-state index is 0.333. The van der Waals surface area contributed by atoms with Crippen LogP contribution in [0.2, 0.25) is 5.02 Å². The lowest BCUT2D eigenvalue weighted by Crippen LogP contribution is -2.02. The van der Waals surface area contributed by atoms with E-state index in [0.717, 1.165) is 12.1 Å². The van der Waals surface area contributed by atoms with Gasteiger partial charge >= 0.3 is 0 Å².